The zero-order chi connectivity index (χ0) is 21.4. The fourth-order valence-electron chi connectivity index (χ4n) is 3.35. The number of tetrazole rings is 1. The number of pyridine rings is 1. The van der Waals surface area contributed by atoms with Crippen LogP contribution in [-0.2, 0) is 11.8 Å². The molecular formula is C20H22N8O2. The molecule has 0 aliphatic carbocycles. The molecule has 0 radical (unpaired) electrons. The minimum atomic E-state index is -0.297. The van der Waals surface area contributed by atoms with Crippen molar-refractivity contribution in [3.8, 4) is 11.6 Å². The van der Waals surface area contributed by atoms with E-state index in [0.29, 0.717) is 17.4 Å². The molecule has 30 heavy (non-hydrogen) atoms. The van der Waals surface area contributed by atoms with Gasteiger partial charge in [-0.2, -0.15) is 4.68 Å². The Hall–Kier alpha value is -3.82. The fraction of sp³-hybridized carbons (Fsp3) is 0.300. The number of hydrogen-bond acceptors (Lipinski definition) is 7. The summed E-state index contributed by atoms with van der Waals surface area (Å²) < 4.78 is 9.00. The molecule has 3 heterocycles. The Morgan fingerprint density at radius 1 is 1.13 bits per heavy atom. The van der Waals surface area contributed by atoms with Crippen LogP contribution in [0.15, 0.2) is 24.3 Å². The molecule has 10 nitrogen and oxygen atoms in total. The molecule has 0 fully saturated rings. The van der Waals surface area contributed by atoms with Gasteiger partial charge in [-0.25, -0.2) is 9.67 Å². The summed E-state index contributed by atoms with van der Waals surface area (Å²) in [4.78, 5) is 17.0. The van der Waals surface area contributed by atoms with Gasteiger partial charge in [0, 0.05) is 18.4 Å². The van der Waals surface area contributed by atoms with E-state index >= 15 is 0 Å². The van der Waals surface area contributed by atoms with Crippen LogP contribution in [0.4, 0.5) is 5.69 Å². The van der Waals surface area contributed by atoms with Gasteiger partial charge < -0.3 is 10.1 Å². The van der Waals surface area contributed by atoms with Gasteiger partial charge in [0.25, 0.3) is 5.91 Å². The molecule has 154 valence electrons. The Labute approximate surface area is 172 Å². The lowest BCUT2D eigenvalue weighted by molar-refractivity contribution is -0.118. The molecule has 0 saturated carbocycles. The number of anilines is 1. The third-order valence-corrected chi connectivity index (χ3v) is 4.77. The van der Waals surface area contributed by atoms with E-state index in [2.05, 4.69) is 30.9 Å². The number of ether oxygens (including phenoxy) is 1. The maximum Gasteiger partial charge on any atom is 0.262 e. The van der Waals surface area contributed by atoms with E-state index in [4.69, 9.17) is 4.74 Å². The number of carbonyl (C=O) groups is 1. The number of carbonyl (C=O) groups excluding carboxylic acids is 1. The van der Waals surface area contributed by atoms with Crippen LogP contribution >= 0.6 is 0 Å². The average Bonchev–Trinajstić information content (AvgIpc) is 3.25. The monoisotopic (exact) mass is 406 g/mol. The molecule has 0 bridgehead atoms. The van der Waals surface area contributed by atoms with E-state index in [1.54, 1.807) is 16.4 Å². The summed E-state index contributed by atoms with van der Waals surface area (Å²) in [6.45, 7) is 7.50. The van der Waals surface area contributed by atoms with Crippen molar-refractivity contribution in [2.45, 2.75) is 27.7 Å². The van der Waals surface area contributed by atoms with Crippen molar-refractivity contribution in [2.24, 2.45) is 7.05 Å². The molecule has 0 spiro atoms. The van der Waals surface area contributed by atoms with Gasteiger partial charge >= 0.3 is 0 Å². The van der Waals surface area contributed by atoms with Gasteiger partial charge in [0.15, 0.2) is 18.1 Å². The summed E-state index contributed by atoms with van der Waals surface area (Å²) in [5.41, 5.74) is 5.03. The highest BCUT2D eigenvalue weighted by Gasteiger charge is 2.16. The molecule has 1 aromatic carbocycles. The highest BCUT2D eigenvalue weighted by molar-refractivity contribution is 5.92. The van der Waals surface area contributed by atoms with Crippen LogP contribution in [0.3, 0.4) is 0 Å². The highest BCUT2D eigenvalue weighted by Crippen LogP contribution is 2.27. The first-order chi connectivity index (χ1) is 14.3. The summed E-state index contributed by atoms with van der Waals surface area (Å²) in [7, 11) is 1.80. The van der Waals surface area contributed by atoms with E-state index in [1.807, 2.05) is 52.0 Å². The minimum absolute atomic E-state index is 0.174. The molecule has 4 rings (SSSR count). The summed E-state index contributed by atoms with van der Waals surface area (Å²) in [5.74, 6) is 0.752. The Balaban J connectivity index is 1.50. The van der Waals surface area contributed by atoms with Crippen LogP contribution in [0.25, 0.3) is 16.7 Å². The zero-order valence-electron chi connectivity index (χ0n) is 17.5. The number of aryl methyl sites for hydroxylation is 5. The maximum atomic E-state index is 12.5. The van der Waals surface area contributed by atoms with Crippen molar-refractivity contribution in [3.05, 3.63) is 46.9 Å². The predicted molar refractivity (Wildman–Crippen MR) is 111 cm³/mol. The van der Waals surface area contributed by atoms with Crippen molar-refractivity contribution in [2.75, 3.05) is 11.9 Å². The third-order valence-electron chi connectivity index (χ3n) is 4.77. The number of hydrogen-bond donors (Lipinski definition) is 1. The molecule has 0 aliphatic heterocycles. The van der Waals surface area contributed by atoms with Gasteiger partial charge in [-0.05, 0) is 67.4 Å². The zero-order valence-corrected chi connectivity index (χ0v) is 17.5. The lowest BCUT2D eigenvalue weighted by Crippen LogP contribution is -2.20. The normalized spacial score (nSPS) is 11.1. The van der Waals surface area contributed by atoms with Crippen LogP contribution in [0, 0.1) is 27.7 Å². The lowest BCUT2D eigenvalue weighted by atomic mass is 10.2. The second kappa shape index (κ2) is 7.54. The molecular weight excluding hydrogens is 384 g/mol. The molecule has 0 aliphatic rings. The van der Waals surface area contributed by atoms with E-state index in [1.165, 1.54) is 0 Å². The van der Waals surface area contributed by atoms with E-state index < -0.39 is 0 Å². The highest BCUT2D eigenvalue weighted by atomic mass is 16.5. The summed E-state index contributed by atoms with van der Waals surface area (Å²) in [6.07, 6.45) is 0. The summed E-state index contributed by atoms with van der Waals surface area (Å²) >= 11 is 0. The van der Waals surface area contributed by atoms with E-state index in [0.717, 1.165) is 33.5 Å². The molecule has 0 unspecified atom stereocenters. The number of nitrogens with one attached hydrogen (secondary N) is 1. The van der Waals surface area contributed by atoms with Crippen molar-refractivity contribution in [3.63, 3.8) is 0 Å². The van der Waals surface area contributed by atoms with Crippen molar-refractivity contribution < 1.29 is 9.53 Å². The standard InChI is InChI=1S/C20H22N8O2/c1-11-6-7-15(9-16(11)28-14(4)23-25-26-28)22-17(29)10-30-20-18-12(2)8-13(3)21-19(18)27(5)24-20/h6-9H,10H2,1-5H3,(H,22,29). The second-order valence-electron chi connectivity index (χ2n) is 7.18. The quantitative estimate of drug-likeness (QED) is 0.540. The topological polar surface area (TPSA) is 113 Å². The first-order valence-corrected chi connectivity index (χ1v) is 9.43. The molecule has 0 atom stereocenters. The second-order valence-corrected chi connectivity index (χ2v) is 7.18. The van der Waals surface area contributed by atoms with Gasteiger partial charge in [-0.3, -0.25) is 4.79 Å². The van der Waals surface area contributed by atoms with Crippen molar-refractivity contribution in [1.82, 2.24) is 35.0 Å². The Kier molecular flexibility index (Phi) is 4.90. The lowest BCUT2D eigenvalue weighted by Gasteiger charge is -2.11. The van der Waals surface area contributed by atoms with Crippen LogP contribution in [0.2, 0.25) is 0 Å². The number of rotatable bonds is 5. The molecule has 0 saturated heterocycles. The van der Waals surface area contributed by atoms with Crippen LogP contribution in [-0.4, -0.2) is 47.5 Å². The first-order valence-electron chi connectivity index (χ1n) is 9.43. The Morgan fingerprint density at radius 2 is 1.93 bits per heavy atom. The first kappa shape index (κ1) is 19.5. The van der Waals surface area contributed by atoms with Crippen LogP contribution in [0.1, 0.15) is 22.6 Å². The number of benzene rings is 1. The van der Waals surface area contributed by atoms with Gasteiger partial charge in [0.2, 0.25) is 5.88 Å². The number of nitrogens with zero attached hydrogens (tertiary/aromatic N) is 7. The number of amides is 1. The number of aromatic nitrogens is 7. The fourth-order valence-corrected chi connectivity index (χ4v) is 3.35. The number of fused-ring (bicyclic) bond motifs is 1. The largest absolute Gasteiger partial charge is 0.466 e. The van der Waals surface area contributed by atoms with Gasteiger partial charge in [-0.1, -0.05) is 6.07 Å². The van der Waals surface area contributed by atoms with Gasteiger partial charge in [-0.15, -0.1) is 10.2 Å². The van der Waals surface area contributed by atoms with E-state index in [9.17, 15) is 4.79 Å². The molecule has 1 amide bonds. The van der Waals surface area contributed by atoms with Crippen LogP contribution in [0.5, 0.6) is 5.88 Å². The van der Waals surface area contributed by atoms with Gasteiger partial charge in [0.05, 0.1) is 11.1 Å². The van der Waals surface area contributed by atoms with Crippen LogP contribution < -0.4 is 10.1 Å². The summed E-state index contributed by atoms with van der Waals surface area (Å²) in [6, 6.07) is 7.51. The SMILES string of the molecule is Cc1cc(C)c2c(OCC(=O)Nc3ccc(C)c(-n4nnnc4C)c3)nn(C)c2n1. The summed E-state index contributed by atoms with van der Waals surface area (Å²) in [5, 5.41) is 19.6. The Morgan fingerprint density at radius 3 is 2.67 bits per heavy atom. The minimum Gasteiger partial charge on any atom is -0.466 e. The third kappa shape index (κ3) is 3.59. The maximum absolute atomic E-state index is 12.5. The van der Waals surface area contributed by atoms with Crippen molar-refractivity contribution >= 4 is 22.6 Å². The molecule has 1 N–H and O–H groups in total. The average molecular weight is 406 g/mol. The van der Waals surface area contributed by atoms with Gasteiger partial charge in [0.1, 0.15) is 0 Å². The molecule has 3 aromatic heterocycles. The Bertz CT molecular complexity index is 1260. The predicted octanol–water partition coefficient (Wildman–Crippen LogP) is 2.20. The molecule has 4 aromatic rings. The molecule has 10 heteroatoms. The van der Waals surface area contributed by atoms with Crippen molar-refractivity contribution in [1.29, 1.82) is 0 Å². The van der Waals surface area contributed by atoms with E-state index in [-0.39, 0.29) is 12.5 Å². The smallest absolute Gasteiger partial charge is 0.262 e.